The number of carboxylic acids is 1. The average Bonchev–Trinajstić information content (AvgIpc) is 2.66. The number of ether oxygens (including phenoxy) is 1. The minimum Gasteiger partial charge on any atom is -0.491 e. The van der Waals surface area contributed by atoms with Gasteiger partial charge in [-0.15, -0.1) is 0 Å². The van der Waals surface area contributed by atoms with Gasteiger partial charge in [-0.05, 0) is 18.6 Å². The van der Waals surface area contributed by atoms with Crippen LogP contribution in [0.3, 0.4) is 0 Å². The molecule has 0 radical (unpaired) electrons. The molecule has 0 aliphatic carbocycles. The molecular weight excluding hydrogens is 354 g/mol. The van der Waals surface area contributed by atoms with Crippen LogP contribution in [0.25, 0.3) is 6.08 Å². The number of pyridine rings is 1. The first-order valence-electron chi connectivity index (χ1n) is 10.9. The Labute approximate surface area is 169 Å². The van der Waals surface area contributed by atoms with E-state index in [2.05, 4.69) is 11.9 Å². The van der Waals surface area contributed by atoms with Crippen LogP contribution in [-0.4, -0.2) is 22.7 Å². The van der Waals surface area contributed by atoms with Crippen molar-refractivity contribution >= 4 is 12.0 Å². The molecule has 0 atom stereocenters. The lowest BCUT2D eigenvalue weighted by Gasteiger charge is -2.09. The van der Waals surface area contributed by atoms with Crippen LogP contribution in [0, 0.1) is 0 Å². The first kappa shape index (κ1) is 24.0. The molecule has 0 aliphatic heterocycles. The number of H-pyrrole nitrogens is 1. The summed E-state index contributed by atoms with van der Waals surface area (Å²) in [6.45, 7) is 2.85. The molecule has 1 aromatic heterocycles. The fraction of sp³-hybridized carbons (Fsp3) is 0.652. The van der Waals surface area contributed by atoms with Crippen LogP contribution >= 0.6 is 0 Å². The molecule has 1 heterocycles. The topological polar surface area (TPSA) is 79.4 Å². The Bertz CT molecular complexity index is 621. The van der Waals surface area contributed by atoms with E-state index in [1.165, 1.54) is 76.4 Å². The monoisotopic (exact) mass is 391 g/mol. The zero-order valence-corrected chi connectivity index (χ0v) is 17.4. The molecule has 0 spiro atoms. The number of hydrogen-bond donors (Lipinski definition) is 2. The van der Waals surface area contributed by atoms with Gasteiger partial charge in [-0.1, -0.05) is 83.6 Å². The fourth-order valence-electron chi connectivity index (χ4n) is 3.13. The molecule has 0 amide bonds. The van der Waals surface area contributed by atoms with Gasteiger partial charge in [-0.2, -0.15) is 0 Å². The van der Waals surface area contributed by atoms with Crippen molar-refractivity contribution in [3.63, 3.8) is 0 Å². The Hall–Kier alpha value is -2.04. The van der Waals surface area contributed by atoms with Crippen molar-refractivity contribution in [1.82, 2.24) is 4.98 Å². The second-order valence-corrected chi connectivity index (χ2v) is 7.34. The molecule has 0 saturated carbocycles. The third-order valence-corrected chi connectivity index (χ3v) is 4.74. The third-order valence-electron chi connectivity index (χ3n) is 4.74. The second-order valence-electron chi connectivity index (χ2n) is 7.34. The van der Waals surface area contributed by atoms with Gasteiger partial charge < -0.3 is 14.8 Å². The Morgan fingerprint density at radius 1 is 0.964 bits per heavy atom. The van der Waals surface area contributed by atoms with E-state index in [4.69, 9.17) is 9.84 Å². The van der Waals surface area contributed by atoms with Gasteiger partial charge in [0.1, 0.15) is 5.75 Å². The van der Waals surface area contributed by atoms with Crippen LogP contribution in [-0.2, 0) is 4.79 Å². The highest BCUT2D eigenvalue weighted by Gasteiger charge is 2.03. The average molecular weight is 392 g/mol. The maximum atomic E-state index is 11.5. The first-order valence-corrected chi connectivity index (χ1v) is 10.9. The predicted molar refractivity (Wildman–Crippen MR) is 115 cm³/mol. The van der Waals surface area contributed by atoms with Crippen molar-refractivity contribution in [3.05, 3.63) is 34.3 Å². The summed E-state index contributed by atoms with van der Waals surface area (Å²) in [6.07, 6.45) is 18.6. The molecule has 1 aromatic rings. The smallest absolute Gasteiger partial charge is 0.307 e. The van der Waals surface area contributed by atoms with Crippen LogP contribution < -0.4 is 10.3 Å². The van der Waals surface area contributed by atoms with Crippen LogP contribution in [0.15, 0.2) is 23.0 Å². The Morgan fingerprint density at radius 3 is 2.11 bits per heavy atom. The van der Waals surface area contributed by atoms with Crippen molar-refractivity contribution in [3.8, 4) is 5.75 Å². The zero-order valence-electron chi connectivity index (χ0n) is 17.4. The van der Waals surface area contributed by atoms with Crippen molar-refractivity contribution in [2.75, 3.05) is 6.61 Å². The van der Waals surface area contributed by atoms with E-state index in [1.54, 1.807) is 12.1 Å². The molecule has 5 heteroatoms. The quantitative estimate of drug-likeness (QED) is 0.322. The summed E-state index contributed by atoms with van der Waals surface area (Å²) in [4.78, 5) is 24.7. The van der Waals surface area contributed by atoms with E-state index in [0.717, 1.165) is 12.8 Å². The fourth-order valence-corrected chi connectivity index (χ4v) is 3.13. The second kappa shape index (κ2) is 16.0. The van der Waals surface area contributed by atoms with E-state index >= 15 is 0 Å². The molecule has 0 aliphatic rings. The third kappa shape index (κ3) is 12.4. The first-order chi connectivity index (χ1) is 13.6. The molecule has 5 nitrogen and oxygen atoms in total. The molecule has 0 unspecified atom stereocenters. The van der Waals surface area contributed by atoms with E-state index in [1.807, 2.05) is 0 Å². The summed E-state index contributed by atoms with van der Waals surface area (Å²) in [5.41, 5.74) is 0.292. The Balaban J connectivity index is 2.12. The summed E-state index contributed by atoms with van der Waals surface area (Å²) in [6, 6.07) is 3.06. The van der Waals surface area contributed by atoms with E-state index in [-0.39, 0.29) is 12.0 Å². The molecule has 0 fully saturated rings. The van der Waals surface area contributed by atoms with E-state index < -0.39 is 5.97 Å². The van der Waals surface area contributed by atoms with Gasteiger partial charge in [0, 0.05) is 6.07 Å². The number of aliphatic carboxylic acids is 1. The molecule has 0 aromatic carbocycles. The van der Waals surface area contributed by atoms with Gasteiger partial charge in [-0.25, -0.2) is 0 Å². The number of carbonyl (C=O) groups is 1. The van der Waals surface area contributed by atoms with Gasteiger partial charge in [-0.3, -0.25) is 9.59 Å². The molecular formula is C23H37NO4. The maximum Gasteiger partial charge on any atom is 0.307 e. The Kier molecular flexibility index (Phi) is 13.7. The number of aromatic amines is 1. The zero-order chi connectivity index (χ0) is 20.5. The van der Waals surface area contributed by atoms with Crippen molar-refractivity contribution in [1.29, 1.82) is 0 Å². The van der Waals surface area contributed by atoms with Crippen molar-refractivity contribution in [2.45, 2.75) is 90.4 Å². The summed E-state index contributed by atoms with van der Waals surface area (Å²) in [5, 5.41) is 8.70. The van der Waals surface area contributed by atoms with Crippen LogP contribution in [0.2, 0.25) is 0 Å². The highest BCUT2D eigenvalue weighted by Crippen LogP contribution is 2.17. The van der Waals surface area contributed by atoms with Crippen molar-refractivity contribution < 1.29 is 14.6 Å². The highest BCUT2D eigenvalue weighted by molar-refractivity contribution is 5.70. The number of hydrogen-bond acceptors (Lipinski definition) is 3. The van der Waals surface area contributed by atoms with Gasteiger partial charge in [0.05, 0.1) is 18.7 Å². The molecule has 2 N–H and O–H groups in total. The lowest BCUT2D eigenvalue weighted by Crippen LogP contribution is -2.08. The largest absolute Gasteiger partial charge is 0.491 e. The number of unbranched alkanes of at least 4 members (excludes halogenated alkanes) is 11. The van der Waals surface area contributed by atoms with Crippen LogP contribution in [0.5, 0.6) is 5.75 Å². The van der Waals surface area contributed by atoms with Crippen LogP contribution in [0.4, 0.5) is 0 Å². The molecule has 28 heavy (non-hydrogen) atoms. The number of carboxylic acid groups (broad SMARTS) is 1. The highest BCUT2D eigenvalue weighted by atomic mass is 16.5. The minimum absolute atomic E-state index is 0.0882. The SMILES string of the molecule is CCCCCCCCCCCCCCOc1ccc(=O)[nH]c1C=CCC(=O)O. The summed E-state index contributed by atoms with van der Waals surface area (Å²) in [5.74, 6) is -0.321. The van der Waals surface area contributed by atoms with Gasteiger partial charge in [0.2, 0.25) is 5.56 Å². The molecule has 0 bridgehead atoms. The number of aromatic nitrogens is 1. The van der Waals surface area contributed by atoms with E-state index in [9.17, 15) is 9.59 Å². The molecule has 0 saturated heterocycles. The van der Waals surface area contributed by atoms with Gasteiger partial charge in [0.25, 0.3) is 0 Å². The number of nitrogens with one attached hydrogen (secondary N) is 1. The number of rotatable bonds is 17. The van der Waals surface area contributed by atoms with Gasteiger partial charge in [0.15, 0.2) is 0 Å². The van der Waals surface area contributed by atoms with Crippen molar-refractivity contribution in [2.24, 2.45) is 0 Å². The standard InChI is InChI=1S/C23H37NO4/c1-2-3-4-5-6-7-8-9-10-11-12-13-19-28-21-17-18-22(25)24-20(21)15-14-16-23(26)27/h14-15,17-18H,2-13,16,19H2,1H3,(H,24,25)(H,26,27). The lowest BCUT2D eigenvalue weighted by molar-refractivity contribution is -0.135. The predicted octanol–water partition coefficient (Wildman–Crippen LogP) is 5.94. The molecule has 158 valence electrons. The lowest BCUT2D eigenvalue weighted by atomic mass is 10.1. The maximum absolute atomic E-state index is 11.5. The minimum atomic E-state index is -0.909. The van der Waals surface area contributed by atoms with E-state index in [0.29, 0.717) is 18.1 Å². The summed E-state index contributed by atoms with van der Waals surface area (Å²) < 4.78 is 5.77. The molecule has 1 rings (SSSR count). The Morgan fingerprint density at radius 2 is 1.54 bits per heavy atom. The van der Waals surface area contributed by atoms with Gasteiger partial charge >= 0.3 is 5.97 Å². The normalized spacial score (nSPS) is 11.2. The summed E-state index contributed by atoms with van der Waals surface area (Å²) >= 11 is 0. The van der Waals surface area contributed by atoms with Crippen LogP contribution in [0.1, 0.15) is 96.1 Å². The summed E-state index contributed by atoms with van der Waals surface area (Å²) in [7, 11) is 0.